The van der Waals surface area contributed by atoms with E-state index in [1.807, 2.05) is 20.9 Å². The second-order valence-electron chi connectivity index (χ2n) is 5.12. The Morgan fingerprint density at radius 1 is 1.29 bits per heavy atom. The number of nitrogens with zero attached hydrogens (tertiary/aromatic N) is 1. The molecule has 14 heavy (non-hydrogen) atoms. The first-order valence-electron chi connectivity index (χ1n) is 5.74. The van der Waals surface area contributed by atoms with E-state index in [4.69, 9.17) is 0 Å². The molecule has 1 aliphatic heterocycles. The van der Waals surface area contributed by atoms with Gasteiger partial charge in [-0.05, 0) is 25.3 Å². The highest BCUT2D eigenvalue weighted by molar-refractivity contribution is 4.88. The highest BCUT2D eigenvalue weighted by Gasteiger charge is 2.34. The fourth-order valence-corrected chi connectivity index (χ4v) is 1.87. The third-order valence-electron chi connectivity index (χ3n) is 2.56. The van der Waals surface area contributed by atoms with Crippen molar-refractivity contribution in [2.24, 2.45) is 5.41 Å². The smallest absolute Gasteiger partial charge is 0.117 e. The molecule has 1 fully saturated rings. The lowest BCUT2D eigenvalue weighted by molar-refractivity contribution is 0.164. The molecule has 2 atom stereocenters. The number of likely N-dealkylation sites (tertiary alicyclic amines) is 1. The lowest BCUT2D eigenvalue weighted by atomic mass is 9.87. The van der Waals surface area contributed by atoms with E-state index in [-0.39, 0.29) is 11.5 Å². The molecule has 2 unspecified atom stereocenters. The van der Waals surface area contributed by atoms with Crippen LogP contribution >= 0.6 is 0 Å². The summed E-state index contributed by atoms with van der Waals surface area (Å²) in [7, 11) is 2.02. The summed E-state index contributed by atoms with van der Waals surface area (Å²) in [4.78, 5) is 2.15. The van der Waals surface area contributed by atoms with Crippen molar-refractivity contribution in [2.75, 3.05) is 13.6 Å². The minimum absolute atomic E-state index is 0.157. The van der Waals surface area contributed by atoms with Gasteiger partial charge in [-0.25, -0.2) is 4.39 Å². The van der Waals surface area contributed by atoms with Crippen LogP contribution < -0.4 is 0 Å². The van der Waals surface area contributed by atoms with Crippen LogP contribution in [0.5, 0.6) is 0 Å². The predicted molar refractivity (Wildman–Crippen MR) is 61.4 cm³/mol. The van der Waals surface area contributed by atoms with Gasteiger partial charge in [-0.3, -0.25) is 0 Å². The van der Waals surface area contributed by atoms with Gasteiger partial charge in [0.1, 0.15) is 6.17 Å². The van der Waals surface area contributed by atoms with E-state index in [1.165, 1.54) is 0 Å². The fraction of sp³-hybridized carbons (Fsp3) is 1.00. The molecule has 1 nitrogen and oxygen atoms in total. The van der Waals surface area contributed by atoms with Gasteiger partial charge >= 0.3 is 0 Å². The molecule has 0 amide bonds. The summed E-state index contributed by atoms with van der Waals surface area (Å²) in [6.07, 6.45) is 1.08. The maximum Gasteiger partial charge on any atom is 0.117 e. The van der Waals surface area contributed by atoms with Gasteiger partial charge < -0.3 is 4.90 Å². The predicted octanol–water partition coefficient (Wildman–Crippen LogP) is 3.49. The topological polar surface area (TPSA) is 3.24 Å². The van der Waals surface area contributed by atoms with Gasteiger partial charge in [-0.1, -0.05) is 34.6 Å². The largest absolute Gasteiger partial charge is 0.300 e. The minimum Gasteiger partial charge on any atom is -0.300 e. The van der Waals surface area contributed by atoms with Crippen molar-refractivity contribution < 1.29 is 4.39 Å². The minimum atomic E-state index is -0.603. The van der Waals surface area contributed by atoms with Crippen molar-refractivity contribution in [3.05, 3.63) is 0 Å². The third kappa shape index (κ3) is 4.41. The van der Waals surface area contributed by atoms with Gasteiger partial charge in [0.05, 0.1) is 0 Å². The monoisotopic (exact) mass is 203 g/mol. The van der Waals surface area contributed by atoms with E-state index in [9.17, 15) is 4.39 Å². The Balaban J connectivity index is 0.000000791. The van der Waals surface area contributed by atoms with Crippen molar-refractivity contribution in [1.82, 2.24) is 4.90 Å². The van der Waals surface area contributed by atoms with Gasteiger partial charge in [0.15, 0.2) is 0 Å². The molecule has 1 saturated heterocycles. The van der Waals surface area contributed by atoms with E-state index in [0.717, 1.165) is 19.4 Å². The van der Waals surface area contributed by atoms with Crippen molar-refractivity contribution in [3.63, 3.8) is 0 Å². The van der Waals surface area contributed by atoms with Crippen molar-refractivity contribution in [3.8, 4) is 0 Å². The molecule has 2 heteroatoms. The zero-order valence-corrected chi connectivity index (χ0v) is 10.6. The molecular formula is C12H26FN. The maximum absolute atomic E-state index is 13.3. The first kappa shape index (κ1) is 13.9. The van der Waals surface area contributed by atoms with Gasteiger partial charge in [0, 0.05) is 12.6 Å². The molecule has 0 aliphatic carbocycles. The molecular weight excluding hydrogens is 177 g/mol. The Morgan fingerprint density at radius 3 is 2.07 bits per heavy atom. The van der Waals surface area contributed by atoms with Crippen LogP contribution in [0.15, 0.2) is 0 Å². The lowest BCUT2D eigenvalue weighted by Crippen LogP contribution is -2.34. The molecule has 0 radical (unpaired) electrons. The van der Waals surface area contributed by atoms with E-state index in [1.54, 1.807) is 0 Å². The normalized spacial score (nSPS) is 28.5. The number of halogens is 1. The SMILES string of the molecule is CC.CN1CCC(F)C1CC(C)(C)C. The Hall–Kier alpha value is -0.110. The van der Waals surface area contributed by atoms with Gasteiger partial charge in [-0.2, -0.15) is 0 Å². The Bertz CT molecular complexity index is 141. The average Bonchev–Trinajstić information content (AvgIpc) is 2.37. The summed E-state index contributed by atoms with van der Waals surface area (Å²) in [5.41, 5.74) is 0.244. The zero-order chi connectivity index (χ0) is 11.4. The number of hydrogen-bond donors (Lipinski definition) is 0. The Morgan fingerprint density at radius 2 is 1.79 bits per heavy atom. The summed E-state index contributed by atoms with van der Waals surface area (Å²) in [5.74, 6) is 0. The molecule has 0 spiro atoms. The van der Waals surface area contributed by atoms with Crippen molar-refractivity contribution in [1.29, 1.82) is 0 Å². The second kappa shape index (κ2) is 5.69. The van der Waals surface area contributed by atoms with Gasteiger partial charge in [0.25, 0.3) is 0 Å². The lowest BCUT2D eigenvalue weighted by Gasteiger charge is -2.28. The highest BCUT2D eigenvalue weighted by atomic mass is 19.1. The molecule has 0 N–H and O–H groups in total. The third-order valence-corrected chi connectivity index (χ3v) is 2.56. The molecule has 0 aromatic heterocycles. The standard InChI is InChI=1S/C10H20FN.C2H6/c1-10(2,3)7-9-8(11)5-6-12(9)4;1-2/h8-9H,5-7H2,1-4H3;1-2H3. The van der Waals surface area contributed by atoms with Crippen LogP contribution in [0.1, 0.15) is 47.5 Å². The molecule has 1 heterocycles. The molecule has 0 aromatic rings. The molecule has 1 rings (SSSR count). The number of hydrogen-bond acceptors (Lipinski definition) is 1. The molecule has 86 valence electrons. The van der Waals surface area contributed by atoms with Crippen LogP contribution in [0, 0.1) is 5.41 Å². The molecule has 0 saturated carbocycles. The molecule has 0 bridgehead atoms. The average molecular weight is 203 g/mol. The van der Waals surface area contributed by atoms with Crippen LogP contribution in [0.3, 0.4) is 0 Å². The van der Waals surface area contributed by atoms with Crippen LogP contribution in [-0.2, 0) is 0 Å². The highest BCUT2D eigenvalue weighted by Crippen LogP contribution is 2.30. The number of alkyl halides is 1. The summed E-state index contributed by atoms with van der Waals surface area (Å²) in [6, 6.07) is 0.157. The van der Waals surface area contributed by atoms with Crippen LogP contribution in [0.4, 0.5) is 4.39 Å². The van der Waals surface area contributed by atoms with Crippen LogP contribution in [0.2, 0.25) is 0 Å². The summed E-state index contributed by atoms with van der Waals surface area (Å²) in [5, 5.41) is 0. The van der Waals surface area contributed by atoms with Gasteiger partial charge in [-0.15, -0.1) is 0 Å². The van der Waals surface area contributed by atoms with Crippen molar-refractivity contribution in [2.45, 2.75) is 59.7 Å². The Labute approximate surface area is 88.7 Å². The first-order valence-corrected chi connectivity index (χ1v) is 5.74. The summed E-state index contributed by atoms with van der Waals surface area (Å²) >= 11 is 0. The molecule has 1 aliphatic rings. The van der Waals surface area contributed by atoms with E-state index >= 15 is 0 Å². The quantitative estimate of drug-likeness (QED) is 0.630. The first-order chi connectivity index (χ1) is 6.40. The van der Waals surface area contributed by atoms with Gasteiger partial charge in [0.2, 0.25) is 0 Å². The summed E-state index contributed by atoms with van der Waals surface area (Å²) < 4.78 is 13.3. The van der Waals surface area contributed by atoms with Crippen LogP contribution in [0.25, 0.3) is 0 Å². The van der Waals surface area contributed by atoms with Crippen molar-refractivity contribution >= 4 is 0 Å². The van der Waals surface area contributed by atoms with E-state index in [0.29, 0.717) is 0 Å². The maximum atomic E-state index is 13.3. The molecule has 0 aromatic carbocycles. The van der Waals surface area contributed by atoms with Crippen LogP contribution in [-0.4, -0.2) is 30.7 Å². The Kier molecular flexibility index (Phi) is 5.65. The van der Waals surface area contributed by atoms with E-state index in [2.05, 4.69) is 25.7 Å². The fourth-order valence-electron chi connectivity index (χ4n) is 1.87. The zero-order valence-electron chi connectivity index (χ0n) is 10.6. The number of rotatable bonds is 1. The van der Waals surface area contributed by atoms with E-state index < -0.39 is 6.17 Å². The summed E-state index contributed by atoms with van der Waals surface area (Å²) in [6.45, 7) is 11.4. The second-order valence-corrected chi connectivity index (χ2v) is 5.12.